The van der Waals surface area contributed by atoms with Gasteiger partial charge in [-0.25, -0.2) is 4.39 Å². The second kappa shape index (κ2) is 5.50. The summed E-state index contributed by atoms with van der Waals surface area (Å²) >= 11 is 0. The Balaban J connectivity index is 1.98. The van der Waals surface area contributed by atoms with Gasteiger partial charge in [-0.1, -0.05) is 18.9 Å². The number of hydrogen-bond donors (Lipinski definition) is 1. The zero-order chi connectivity index (χ0) is 12.3. The minimum Gasteiger partial charge on any atom is -0.374 e. The zero-order valence-corrected chi connectivity index (χ0v) is 10.4. The van der Waals surface area contributed by atoms with Gasteiger partial charge in [0, 0.05) is 25.3 Å². The highest BCUT2D eigenvalue weighted by molar-refractivity contribution is 5.45. The molecule has 1 aliphatic rings. The Hall–Kier alpha value is -1.09. The molecule has 0 aromatic heterocycles. The van der Waals surface area contributed by atoms with Crippen LogP contribution in [0.2, 0.25) is 0 Å². The van der Waals surface area contributed by atoms with Crippen molar-refractivity contribution in [2.45, 2.75) is 31.7 Å². The SMILES string of the molecule is CN(CC1CCCCC1N)c1cccc(F)c1. The van der Waals surface area contributed by atoms with Crippen LogP contribution in [-0.2, 0) is 0 Å². The van der Waals surface area contributed by atoms with Crippen molar-refractivity contribution >= 4 is 5.69 Å². The number of nitrogens with two attached hydrogens (primary N) is 1. The number of benzene rings is 1. The molecular weight excluding hydrogens is 215 g/mol. The van der Waals surface area contributed by atoms with Gasteiger partial charge in [-0.3, -0.25) is 0 Å². The zero-order valence-electron chi connectivity index (χ0n) is 10.4. The summed E-state index contributed by atoms with van der Waals surface area (Å²) in [5.74, 6) is 0.360. The summed E-state index contributed by atoms with van der Waals surface area (Å²) < 4.78 is 13.1. The van der Waals surface area contributed by atoms with E-state index in [9.17, 15) is 4.39 Å². The van der Waals surface area contributed by atoms with E-state index in [2.05, 4.69) is 4.90 Å². The summed E-state index contributed by atoms with van der Waals surface area (Å²) in [5, 5.41) is 0. The van der Waals surface area contributed by atoms with Gasteiger partial charge in [-0.05, 0) is 37.0 Å². The number of hydrogen-bond acceptors (Lipinski definition) is 2. The van der Waals surface area contributed by atoms with E-state index < -0.39 is 0 Å². The molecule has 1 aliphatic carbocycles. The first-order valence-electron chi connectivity index (χ1n) is 6.39. The van der Waals surface area contributed by atoms with Gasteiger partial charge in [-0.2, -0.15) is 0 Å². The van der Waals surface area contributed by atoms with E-state index >= 15 is 0 Å². The maximum atomic E-state index is 13.1. The predicted octanol–water partition coefficient (Wildman–Crippen LogP) is 2.78. The van der Waals surface area contributed by atoms with E-state index in [1.165, 1.54) is 25.3 Å². The maximum absolute atomic E-state index is 13.1. The van der Waals surface area contributed by atoms with E-state index in [0.29, 0.717) is 12.0 Å². The molecule has 0 radical (unpaired) electrons. The molecule has 2 rings (SSSR count). The lowest BCUT2D eigenvalue weighted by Gasteiger charge is -2.32. The number of halogens is 1. The van der Waals surface area contributed by atoms with Crippen molar-refractivity contribution in [3.05, 3.63) is 30.1 Å². The monoisotopic (exact) mass is 236 g/mol. The molecule has 94 valence electrons. The fourth-order valence-corrected chi connectivity index (χ4v) is 2.63. The first kappa shape index (κ1) is 12.4. The van der Waals surface area contributed by atoms with Crippen LogP contribution in [-0.4, -0.2) is 19.6 Å². The molecule has 1 fully saturated rings. The lowest BCUT2D eigenvalue weighted by molar-refractivity contribution is 0.312. The van der Waals surface area contributed by atoms with Crippen LogP contribution in [0.15, 0.2) is 24.3 Å². The molecule has 0 bridgehead atoms. The summed E-state index contributed by atoms with van der Waals surface area (Å²) in [4.78, 5) is 2.11. The molecule has 1 aromatic carbocycles. The Morgan fingerprint density at radius 2 is 2.12 bits per heavy atom. The molecule has 2 unspecified atom stereocenters. The Labute approximate surface area is 103 Å². The average molecular weight is 236 g/mol. The average Bonchev–Trinajstić information content (AvgIpc) is 2.32. The van der Waals surface area contributed by atoms with Gasteiger partial charge in [0.2, 0.25) is 0 Å². The second-order valence-electron chi connectivity index (χ2n) is 5.07. The Morgan fingerprint density at radius 3 is 2.82 bits per heavy atom. The van der Waals surface area contributed by atoms with Crippen molar-refractivity contribution < 1.29 is 4.39 Å². The van der Waals surface area contributed by atoms with Crippen LogP contribution in [0.5, 0.6) is 0 Å². The van der Waals surface area contributed by atoms with E-state index in [1.807, 2.05) is 13.1 Å². The summed E-state index contributed by atoms with van der Waals surface area (Å²) in [6.07, 6.45) is 4.85. The highest BCUT2D eigenvalue weighted by Gasteiger charge is 2.23. The molecule has 1 saturated carbocycles. The minimum absolute atomic E-state index is 0.178. The van der Waals surface area contributed by atoms with Gasteiger partial charge in [0.15, 0.2) is 0 Å². The third-order valence-corrected chi connectivity index (χ3v) is 3.73. The molecule has 0 amide bonds. The van der Waals surface area contributed by atoms with Crippen LogP contribution in [0.1, 0.15) is 25.7 Å². The number of rotatable bonds is 3. The summed E-state index contributed by atoms with van der Waals surface area (Å²) in [6.45, 7) is 0.921. The van der Waals surface area contributed by atoms with Gasteiger partial charge in [-0.15, -0.1) is 0 Å². The molecule has 0 saturated heterocycles. The molecule has 0 spiro atoms. The van der Waals surface area contributed by atoms with Crippen molar-refractivity contribution in [2.24, 2.45) is 11.7 Å². The third kappa shape index (κ3) is 3.19. The second-order valence-corrected chi connectivity index (χ2v) is 5.07. The molecule has 0 heterocycles. The Kier molecular flexibility index (Phi) is 4.00. The van der Waals surface area contributed by atoms with Gasteiger partial charge in [0.25, 0.3) is 0 Å². The van der Waals surface area contributed by atoms with Crippen molar-refractivity contribution in [1.29, 1.82) is 0 Å². The van der Waals surface area contributed by atoms with Gasteiger partial charge < -0.3 is 10.6 Å². The van der Waals surface area contributed by atoms with Crippen molar-refractivity contribution in [3.63, 3.8) is 0 Å². The lowest BCUT2D eigenvalue weighted by Crippen LogP contribution is -2.40. The van der Waals surface area contributed by atoms with E-state index in [4.69, 9.17) is 5.73 Å². The fourth-order valence-electron chi connectivity index (χ4n) is 2.63. The number of anilines is 1. The van der Waals surface area contributed by atoms with Crippen LogP contribution < -0.4 is 10.6 Å². The molecular formula is C14H21FN2. The van der Waals surface area contributed by atoms with Crippen molar-refractivity contribution in [2.75, 3.05) is 18.5 Å². The fraction of sp³-hybridized carbons (Fsp3) is 0.571. The standard InChI is InChI=1S/C14H21FN2/c1-17(13-7-4-6-12(15)9-13)10-11-5-2-3-8-14(11)16/h4,6-7,9,11,14H,2-3,5,8,10,16H2,1H3. The quantitative estimate of drug-likeness (QED) is 0.874. The molecule has 0 aliphatic heterocycles. The number of nitrogens with zero attached hydrogens (tertiary/aromatic N) is 1. The van der Waals surface area contributed by atoms with E-state index in [-0.39, 0.29) is 5.82 Å². The summed E-state index contributed by atoms with van der Waals surface area (Å²) in [5.41, 5.74) is 7.07. The topological polar surface area (TPSA) is 29.3 Å². The third-order valence-electron chi connectivity index (χ3n) is 3.73. The largest absolute Gasteiger partial charge is 0.374 e. The van der Waals surface area contributed by atoms with Gasteiger partial charge in [0.1, 0.15) is 5.82 Å². The summed E-state index contributed by atoms with van der Waals surface area (Å²) in [7, 11) is 2.01. The molecule has 2 N–H and O–H groups in total. The predicted molar refractivity (Wildman–Crippen MR) is 69.6 cm³/mol. The van der Waals surface area contributed by atoms with Crippen molar-refractivity contribution in [3.8, 4) is 0 Å². The molecule has 3 heteroatoms. The van der Waals surface area contributed by atoms with Crippen LogP contribution in [0.4, 0.5) is 10.1 Å². The van der Waals surface area contributed by atoms with E-state index in [0.717, 1.165) is 18.7 Å². The normalized spacial score (nSPS) is 24.6. The highest BCUT2D eigenvalue weighted by Crippen LogP contribution is 2.25. The first-order chi connectivity index (χ1) is 8.16. The molecule has 1 aromatic rings. The first-order valence-corrected chi connectivity index (χ1v) is 6.39. The Bertz CT molecular complexity index is 367. The molecule has 2 atom stereocenters. The minimum atomic E-state index is -0.178. The van der Waals surface area contributed by atoms with Crippen molar-refractivity contribution in [1.82, 2.24) is 0 Å². The van der Waals surface area contributed by atoms with Crippen LogP contribution >= 0.6 is 0 Å². The van der Waals surface area contributed by atoms with Gasteiger partial charge in [0.05, 0.1) is 0 Å². The lowest BCUT2D eigenvalue weighted by atomic mass is 9.85. The Morgan fingerprint density at radius 1 is 1.35 bits per heavy atom. The van der Waals surface area contributed by atoms with Gasteiger partial charge >= 0.3 is 0 Å². The smallest absolute Gasteiger partial charge is 0.125 e. The van der Waals surface area contributed by atoms with Crippen LogP contribution in [0.3, 0.4) is 0 Å². The molecule has 17 heavy (non-hydrogen) atoms. The maximum Gasteiger partial charge on any atom is 0.125 e. The summed E-state index contributed by atoms with van der Waals surface area (Å²) in [6, 6.07) is 7.05. The van der Waals surface area contributed by atoms with E-state index in [1.54, 1.807) is 12.1 Å². The van der Waals surface area contributed by atoms with Crippen LogP contribution in [0, 0.1) is 11.7 Å². The highest BCUT2D eigenvalue weighted by atomic mass is 19.1. The molecule has 2 nitrogen and oxygen atoms in total. The van der Waals surface area contributed by atoms with Crippen LogP contribution in [0.25, 0.3) is 0 Å².